The molecule has 172 valence electrons. The van der Waals surface area contributed by atoms with Crippen molar-refractivity contribution in [3.63, 3.8) is 0 Å². The number of hydrogen-bond donors (Lipinski definition) is 3. The first kappa shape index (κ1) is 23.5. The van der Waals surface area contributed by atoms with Crippen LogP contribution in [0.15, 0.2) is 59.2 Å². The second-order valence-electron chi connectivity index (χ2n) is 7.30. The molecule has 3 N–H and O–H groups in total. The molecule has 9 nitrogen and oxygen atoms in total. The van der Waals surface area contributed by atoms with Gasteiger partial charge in [0.1, 0.15) is 6.26 Å². The predicted molar refractivity (Wildman–Crippen MR) is 123 cm³/mol. The van der Waals surface area contributed by atoms with Crippen molar-refractivity contribution in [2.24, 2.45) is 0 Å². The van der Waals surface area contributed by atoms with Crippen LogP contribution in [0.25, 0.3) is 11.5 Å². The average Bonchev–Trinajstić information content (AvgIpc) is 3.28. The Morgan fingerprint density at radius 2 is 1.70 bits per heavy atom. The molecule has 0 aliphatic heterocycles. The third-order valence-electron chi connectivity index (χ3n) is 4.76. The number of aromatic nitrogens is 1. The Hall–Kier alpha value is -4.14. The van der Waals surface area contributed by atoms with E-state index in [4.69, 9.17) is 4.42 Å². The van der Waals surface area contributed by atoms with Crippen LogP contribution in [0, 0.1) is 6.92 Å². The summed E-state index contributed by atoms with van der Waals surface area (Å²) in [6.07, 6.45) is 2.21. The number of methoxy groups -OCH3 is 1. The SMILES string of the molecule is COC(=O)CCNC(=O)c1ccc(NC(=O)NCCc2coc(-c3ccc(C)cc3)n2)cc1. The van der Waals surface area contributed by atoms with E-state index in [1.54, 1.807) is 30.5 Å². The first-order valence-corrected chi connectivity index (χ1v) is 10.5. The predicted octanol–water partition coefficient (Wildman–Crippen LogP) is 3.31. The molecular weight excluding hydrogens is 424 g/mol. The van der Waals surface area contributed by atoms with E-state index in [1.807, 2.05) is 31.2 Å². The van der Waals surface area contributed by atoms with Gasteiger partial charge in [-0.1, -0.05) is 17.7 Å². The number of ether oxygens (including phenoxy) is 1. The van der Waals surface area contributed by atoms with Gasteiger partial charge >= 0.3 is 12.0 Å². The summed E-state index contributed by atoms with van der Waals surface area (Å²) in [5, 5.41) is 8.10. The topological polar surface area (TPSA) is 123 Å². The van der Waals surface area contributed by atoms with Crippen molar-refractivity contribution in [3.8, 4) is 11.5 Å². The van der Waals surface area contributed by atoms with Crippen LogP contribution < -0.4 is 16.0 Å². The fourth-order valence-corrected chi connectivity index (χ4v) is 2.92. The van der Waals surface area contributed by atoms with Crippen molar-refractivity contribution in [2.45, 2.75) is 19.8 Å². The number of esters is 1. The van der Waals surface area contributed by atoms with Crippen LogP contribution >= 0.6 is 0 Å². The molecule has 0 radical (unpaired) electrons. The Morgan fingerprint density at radius 1 is 0.970 bits per heavy atom. The number of oxazole rings is 1. The number of aryl methyl sites for hydroxylation is 1. The number of carbonyl (C=O) groups excluding carboxylic acids is 3. The summed E-state index contributed by atoms with van der Waals surface area (Å²) in [6.45, 7) is 2.58. The molecule has 0 unspecified atom stereocenters. The van der Waals surface area contributed by atoms with Gasteiger partial charge in [-0.05, 0) is 43.3 Å². The van der Waals surface area contributed by atoms with Gasteiger partial charge in [0, 0.05) is 36.3 Å². The summed E-state index contributed by atoms with van der Waals surface area (Å²) in [5.41, 5.74) is 3.77. The normalized spacial score (nSPS) is 10.4. The highest BCUT2D eigenvalue weighted by Gasteiger charge is 2.09. The van der Waals surface area contributed by atoms with E-state index >= 15 is 0 Å². The van der Waals surface area contributed by atoms with Crippen LogP contribution in [0.5, 0.6) is 0 Å². The van der Waals surface area contributed by atoms with E-state index in [9.17, 15) is 14.4 Å². The lowest BCUT2D eigenvalue weighted by Crippen LogP contribution is -2.30. The molecule has 0 spiro atoms. The third-order valence-corrected chi connectivity index (χ3v) is 4.76. The van der Waals surface area contributed by atoms with Gasteiger partial charge in [-0.3, -0.25) is 9.59 Å². The third kappa shape index (κ3) is 7.20. The molecule has 0 aliphatic carbocycles. The molecule has 9 heteroatoms. The Kier molecular flexibility index (Phi) is 8.18. The zero-order valence-corrected chi connectivity index (χ0v) is 18.5. The Balaban J connectivity index is 1.40. The van der Waals surface area contributed by atoms with Crippen LogP contribution in [0.3, 0.4) is 0 Å². The first-order chi connectivity index (χ1) is 15.9. The molecule has 33 heavy (non-hydrogen) atoms. The van der Waals surface area contributed by atoms with Gasteiger partial charge in [-0.15, -0.1) is 0 Å². The summed E-state index contributed by atoms with van der Waals surface area (Å²) in [6, 6.07) is 14.0. The standard InChI is InChI=1S/C24H26N4O5/c1-16-3-5-18(6-4-16)23-27-20(15-33-23)11-13-26-24(31)28-19-9-7-17(8-10-19)22(30)25-14-12-21(29)32-2/h3-10,15H,11-14H2,1-2H3,(H,25,30)(H2,26,28,31). The number of urea groups is 1. The zero-order chi connectivity index (χ0) is 23.6. The van der Waals surface area contributed by atoms with Crippen LogP contribution in [0.4, 0.5) is 10.5 Å². The van der Waals surface area contributed by atoms with E-state index in [2.05, 4.69) is 25.7 Å². The molecule has 0 saturated heterocycles. The largest absolute Gasteiger partial charge is 0.469 e. The van der Waals surface area contributed by atoms with Gasteiger partial charge in [0.25, 0.3) is 5.91 Å². The van der Waals surface area contributed by atoms with Gasteiger partial charge in [0.15, 0.2) is 0 Å². The maximum atomic E-state index is 12.1. The maximum absolute atomic E-state index is 12.1. The number of amides is 3. The average molecular weight is 450 g/mol. The summed E-state index contributed by atoms with van der Waals surface area (Å²) in [4.78, 5) is 39.7. The van der Waals surface area contributed by atoms with Gasteiger partial charge in [0.2, 0.25) is 5.89 Å². The summed E-state index contributed by atoms with van der Waals surface area (Å²) < 4.78 is 10.0. The molecule has 3 amide bonds. The summed E-state index contributed by atoms with van der Waals surface area (Å²) in [5.74, 6) is -0.160. The highest BCUT2D eigenvalue weighted by Crippen LogP contribution is 2.19. The Labute approximate surface area is 191 Å². The molecule has 0 fully saturated rings. The molecule has 1 heterocycles. The number of hydrogen-bond acceptors (Lipinski definition) is 6. The zero-order valence-electron chi connectivity index (χ0n) is 18.5. The summed E-state index contributed by atoms with van der Waals surface area (Å²) >= 11 is 0. The van der Waals surface area contributed by atoms with Crippen molar-refractivity contribution >= 4 is 23.6 Å². The van der Waals surface area contributed by atoms with Gasteiger partial charge in [-0.2, -0.15) is 0 Å². The lowest BCUT2D eigenvalue weighted by atomic mass is 10.1. The first-order valence-electron chi connectivity index (χ1n) is 10.5. The second kappa shape index (κ2) is 11.5. The number of rotatable bonds is 9. The monoisotopic (exact) mass is 450 g/mol. The van der Waals surface area contributed by atoms with Crippen molar-refractivity contribution in [1.29, 1.82) is 0 Å². The molecule has 3 rings (SSSR count). The van der Waals surface area contributed by atoms with Gasteiger partial charge in [0.05, 0.1) is 19.2 Å². The van der Waals surface area contributed by atoms with Crippen LogP contribution in [0.1, 0.15) is 28.0 Å². The van der Waals surface area contributed by atoms with E-state index in [0.717, 1.165) is 16.8 Å². The van der Waals surface area contributed by atoms with Crippen LogP contribution in [-0.4, -0.2) is 43.1 Å². The van der Waals surface area contributed by atoms with Crippen molar-refractivity contribution in [2.75, 3.05) is 25.5 Å². The number of nitrogens with one attached hydrogen (secondary N) is 3. The van der Waals surface area contributed by atoms with Crippen molar-refractivity contribution in [1.82, 2.24) is 15.6 Å². The number of carbonyl (C=O) groups is 3. The second-order valence-corrected chi connectivity index (χ2v) is 7.30. The molecule has 1 aromatic heterocycles. The Morgan fingerprint density at radius 3 is 2.39 bits per heavy atom. The molecule has 0 aliphatic rings. The molecule has 0 atom stereocenters. The molecule has 3 aromatic rings. The van der Waals surface area contributed by atoms with Crippen LogP contribution in [0.2, 0.25) is 0 Å². The minimum Gasteiger partial charge on any atom is -0.469 e. The van der Waals surface area contributed by atoms with Crippen molar-refractivity contribution in [3.05, 3.63) is 71.6 Å². The number of benzene rings is 2. The quantitative estimate of drug-likeness (QED) is 0.430. The number of nitrogens with zero attached hydrogens (tertiary/aromatic N) is 1. The molecule has 0 bridgehead atoms. The van der Waals surface area contributed by atoms with E-state index in [0.29, 0.717) is 30.1 Å². The maximum Gasteiger partial charge on any atom is 0.319 e. The summed E-state index contributed by atoms with van der Waals surface area (Å²) in [7, 11) is 1.29. The van der Waals surface area contributed by atoms with Crippen LogP contribution in [-0.2, 0) is 16.0 Å². The van der Waals surface area contributed by atoms with E-state index in [-0.39, 0.29) is 24.9 Å². The highest BCUT2D eigenvalue weighted by atomic mass is 16.5. The van der Waals surface area contributed by atoms with Crippen molar-refractivity contribution < 1.29 is 23.5 Å². The fraction of sp³-hybridized carbons (Fsp3) is 0.250. The van der Waals surface area contributed by atoms with Gasteiger partial charge < -0.3 is 25.1 Å². The minimum atomic E-state index is -0.392. The van der Waals surface area contributed by atoms with E-state index < -0.39 is 5.97 Å². The lowest BCUT2D eigenvalue weighted by molar-refractivity contribution is -0.140. The lowest BCUT2D eigenvalue weighted by Gasteiger charge is -2.08. The Bertz CT molecular complexity index is 1090. The fourth-order valence-electron chi connectivity index (χ4n) is 2.92. The minimum absolute atomic E-state index is 0.101. The van der Waals surface area contributed by atoms with E-state index in [1.165, 1.54) is 7.11 Å². The number of anilines is 1. The molecule has 2 aromatic carbocycles. The smallest absolute Gasteiger partial charge is 0.319 e. The molecule has 0 saturated carbocycles. The molecular formula is C24H26N4O5. The highest BCUT2D eigenvalue weighted by molar-refractivity contribution is 5.95. The van der Waals surface area contributed by atoms with Gasteiger partial charge in [-0.25, -0.2) is 9.78 Å².